The fourth-order valence-electron chi connectivity index (χ4n) is 2.26. The van der Waals surface area contributed by atoms with E-state index in [0.717, 1.165) is 22.2 Å². The first-order valence-corrected chi connectivity index (χ1v) is 7.08. The quantitative estimate of drug-likeness (QED) is 0.717. The van der Waals surface area contributed by atoms with Gasteiger partial charge in [-0.2, -0.15) is 0 Å². The van der Waals surface area contributed by atoms with Crippen LogP contribution in [0.1, 0.15) is 12.5 Å². The van der Waals surface area contributed by atoms with Gasteiger partial charge in [-0.15, -0.1) is 0 Å². The van der Waals surface area contributed by atoms with Crippen molar-refractivity contribution in [1.82, 2.24) is 4.98 Å². The van der Waals surface area contributed by atoms with Crippen molar-refractivity contribution in [2.45, 2.75) is 13.8 Å². The topological polar surface area (TPSA) is 62.3 Å². The van der Waals surface area contributed by atoms with E-state index in [-0.39, 0.29) is 0 Å². The van der Waals surface area contributed by atoms with Crippen LogP contribution in [0, 0.1) is 6.92 Å². The van der Waals surface area contributed by atoms with Crippen LogP contribution in [0.3, 0.4) is 0 Å². The van der Waals surface area contributed by atoms with Crippen molar-refractivity contribution in [3.63, 3.8) is 0 Å². The molecule has 0 radical (unpaired) electrons. The Balaban J connectivity index is 0.000000309. The first-order valence-electron chi connectivity index (χ1n) is 7.08. The number of H-pyrrole nitrogens is 1. The van der Waals surface area contributed by atoms with Crippen molar-refractivity contribution < 1.29 is 14.6 Å². The van der Waals surface area contributed by atoms with Crippen LogP contribution in [0.25, 0.3) is 22.0 Å². The summed E-state index contributed by atoms with van der Waals surface area (Å²) in [7, 11) is 0. The summed E-state index contributed by atoms with van der Waals surface area (Å²) in [6, 6.07) is 13.9. The zero-order valence-electron chi connectivity index (χ0n) is 12.7. The highest BCUT2D eigenvalue weighted by atomic mass is 16.5. The van der Waals surface area contributed by atoms with E-state index in [1.807, 2.05) is 19.2 Å². The zero-order valence-corrected chi connectivity index (χ0v) is 12.7. The molecule has 0 saturated heterocycles. The minimum absolute atomic E-state index is 0.312. The number of aromatic nitrogens is 1. The van der Waals surface area contributed by atoms with Crippen LogP contribution in [0.2, 0.25) is 0 Å². The normalized spacial score (nSPS) is 9.91. The molecule has 0 aliphatic heterocycles. The first-order chi connectivity index (χ1) is 10.7. The van der Waals surface area contributed by atoms with Gasteiger partial charge in [0.25, 0.3) is 6.47 Å². The Hall–Kier alpha value is -2.75. The molecular formula is C18H19NO3. The van der Waals surface area contributed by atoms with E-state index < -0.39 is 0 Å². The number of hydrogen-bond donors (Lipinski definition) is 2. The summed E-state index contributed by atoms with van der Waals surface area (Å²) in [4.78, 5) is 12.4. The molecule has 4 nitrogen and oxygen atoms in total. The second-order valence-corrected chi connectivity index (χ2v) is 4.83. The van der Waals surface area contributed by atoms with Gasteiger partial charge in [0.1, 0.15) is 5.75 Å². The number of aromatic hydroxyl groups is 1. The lowest BCUT2D eigenvalue weighted by Crippen LogP contribution is -1.83. The van der Waals surface area contributed by atoms with Crippen LogP contribution in [0.5, 0.6) is 5.75 Å². The van der Waals surface area contributed by atoms with Gasteiger partial charge in [-0.3, -0.25) is 4.79 Å². The smallest absolute Gasteiger partial charge is 0.293 e. The van der Waals surface area contributed by atoms with E-state index in [9.17, 15) is 9.90 Å². The highest BCUT2D eigenvalue weighted by molar-refractivity contribution is 5.85. The van der Waals surface area contributed by atoms with Crippen molar-refractivity contribution in [3.05, 3.63) is 54.2 Å². The van der Waals surface area contributed by atoms with Gasteiger partial charge in [-0.25, -0.2) is 0 Å². The Kier molecular flexibility index (Phi) is 5.20. The van der Waals surface area contributed by atoms with Gasteiger partial charge < -0.3 is 14.8 Å². The number of aromatic amines is 1. The molecule has 0 aliphatic rings. The molecule has 2 aromatic carbocycles. The first kappa shape index (κ1) is 15.6. The molecule has 0 saturated carbocycles. The lowest BCUT2D eigenvalue weighted by atomic mass is 9.99. The number of carbonyl (C=O) groups excluding carboxylic acids is 1. The monoisotopic (exact) mass is 297 g/mol. The lowest BCUT2D eigenvalue weighted by Gasteiger charge is -2.06. The van der Waals surface area contributed by atoms with Gasteiger partial charge in [0.05, 0.1) is 6.61 Å². The summed E-state index contributed by atoms with van der Waals surface area (Å²) in [5, 5.41) is 10.6. The third kappa shape index (κ3) is 3.67. The van der Waals surface area contributed by atoms with Crippen molar-refractivity contribution in [2.75, 3.05) is 6.61 Å². The maximum absolute atomic E-state index is 9.42. The average Bonchev–Trinajstić information content (AvgIpc) is 2.96. The van der Waals surface area contributed by atoms with Gasteiger partial charge in [0.15, 0.2) is 0 Å². The van der Waals surface area contributed by atoms with E-state index >= 15 is 0 Å². The highest BCUT2D eigenvalue weighted by Gasteiger charge is 2.04. The van der Waals surface area contributed by atoms with E-state index in [0.29, 0.717) is 18.8 Å². The number of phenols is 1. The maximum Gasteiger partial charge on any atom is 0.293 e. The van der Waals surface area contributed by atoms with Crippen LogP contribution < -0.4 is 0 Å². The summed E-state index contributed by atoms with van der Waals surface area (Å²) >= 11 is 0. The number of rotatable bonds is 3. The summed E-state index contributed by atoms with van der Waals surface area (Å²) in [5.41, 5.74) is 4.53. The molecule has 2 N–H and O–H groups in total. The number of nitrogens with one attached hydrogen (secondary N) is 1. The Morgan fingerprint density at radius 1 is 1.18 bits per heavy atom. The van der Waals surface area contributed by atoms with Crippen LogP contribution >= 0.6 is 0 Å². The SMILES string of the molecule is CCOC=O.Cc1cc(O)ccc1-c1ccc2cc[nH]c2c1. The number of phenolic OH excluding ortho intramolecular Hbond substituents is 1. The molecule has 0 fully saturated rings. The summed E-state index contributed by atoms with van der Waals surface area (Å²) in [6.45, 7) is 4.67. The van der Waals surface area contributed by atoms with E-state index in [4.69, 9.17) is 0 Å². The molecule has 0 aliphatic carbocycles. The summed E-state index contributed by atoms with van der Waals surface area (Å²) in [5.74, 6) is 0.312. The average molecular weight is 297 g/mol. The fraction of sp³-hybridized carbons (Fsp3) is 0.167. The van der Waals surface area contributed by atoms with Gasteiger partial charge >= 0.3 is 0 Å². The number of fused-ring (bicyclic) bond motifs is 1. The van der Waals surface area contributed by atoms with Gasteiger partial charge in [0, 0.05) is 11.7 Å². The minimum atomic E-state index is 0.312. The van der Waals surface area contributed by atoms with Crippen LogP contribution in [-0.2, 0) is 9.53 Å². The Labute approximate surface area is 129 Å². The molecular weight excluding hydrogens is 278 g/mol. The molecule has 114 valence electrons. The summed E-state index contributed by atoms with van der Waals surface area (Å²) < 4.78 is 4.15. The third-order valence-electron chi connectivity index (χ3n) is 3.31. The molecule has 0 bridgehead atoms. The molecule has 22 heavy (non-hydrogen) atoms. The minimum Gasteiger partial charge on any atom is -0.508 e. The molecule has 0 amide bonds. The Bertz CT molecular complexity index is 762. The molecule has 0 atom stereocenters. The standard InChI is InChI=1S/C15H13NO.C3H6O2/c1-10-8-13(17)4-5-14(10)12-3-2-11-6-7-16-15(11)9-12;1-2-5-3-4/h2-9,16-17H,1H3;3H,2H2,1H3. The largest absolute Gasteiger partial charge is 0.508 e. The predicted octanol–water partition coefficient (Wildman–Crippen LogP) is 4.03. The van der Waals surface area contributed by atoms with Gasteiger partial charge in [-0.05, 0) is 60.2 Å². The second-order valence-electron chi connectivity index (χ2n) is 4.83. The molecule has 3 rings (SSSR count). The third-order valence-corrected chi connectivity index (χ3v) is 3.31. The van der Waals surface area contributed by atoms with Crippen molar-refractivity contribution in [3.8, 4) is 16.9 Å². The van der Waals surface area contributed by atoms with Crippen LogP contribution in [0.4, 0.5) is 0 Å². The Morgan fingerprint density at radius 2 is 2.00 bits per heavy atom. The predicted molar refractivity (Wildman–Crippen MR) is 87.8 cm³/mol. The van der Waals surface area contributed by atoms with Crippen LogP contribution in [-0.4, -0.2) is 23.2 Å². The van der Waals surface area contributed by atoms with E-state index in [1.165, 1.54) is 5.39 Å². The van der Waals surface area contributed by atoms with Crippen LogP contribution in [0.15, 0.2) is 48.7 Å². The lowest BCUT2D eigenvalue weighted by molar-refractivity contribution is -0.128. The summed E-state index contributed by atoms with van der Waals surface area (Å²) in [6.07, 6.45) is 1.94. The van der Waals surface area contributed by atoms with Crippen molar-refractivity contribution in [2.24, 2.45) is 0 Å². The number of carbonyl (C=O) groups is 1. The van der Waals surface area contributed by atoms with Gasteiger partial charge in [-0.1, -0.05) is 18.2 Å². The van der Waals surface area contributed by atoms with E-state index in [1.54, 1.807) is 19.1 Å². The van der Waals surface area contributed by atoms with Crippen molar-refractivity contribution >= 4 is 17.4 Å². The highest BCUT2D eigenvalue weighted by Crippen LogP contribution is 2.28. The van der Waals surface area contributed by atoms with Crippen molar-refractivity contribution in [1.29, 1.82) is 0 Å². The zero-order chi connectivity index (χ0) is 15.9. The second kappa shape index (κ2) is 7.31. The Morgan fingerprint density at radius 3 is 2.64 bits per heavy atom. The molecule has 0 unspecified atom stereocenters. The fourth-order valence-corrected chi connectivity index (χ4v) is 2.26. The van der Waals surface area contributed by atoms with E-state index in [2.05, 4.69) is 34.0 Å². The number of aryl methyl sites for hydroxylation is 1. The van der Waals surface area contributed by atoms with Gasteiger partial charge in [0.2, 0.25) is 0 Å². The number of ether oxygens (including phenoxy) is 1. The number of benzene rings is 2. The molecule has 3 aromatic rings. The maximum atomic E-state index is 9.42. The molecule has 1 heterocycles. The number of hydrogen-bond acceptors (Lipinski definition) is 3. The molecule has 0 spiro atoms. The molecule has 1 aromatic heterocycles. The molecule has 4 heteroatoms.